The lowest BCUT2D eigenvalue weighted by atomic mass is 9.93. The van der Waals surface area contributed by atoms with Crippen molar-refractivity contribution in [2.45, 2.75) is 51.4 Å². The van der Waals surface area contributed by atoms with E-state index in [1.54, 1.807) is 27.4 Å². The topological polar surface area (TPSA) is 72.5 Å². The first-order chi connectivity index (χ1) is 17.5. The van der Waals surface area contributed by atoms with Crippen LogP contribution in [0.2, 0.25) is 0 Å². The molecule has 3 atom stereocenters. The van der Waals surface area contributed by atoms with Gasteiger partial charge in [-0.15, -0.1) is 0 Å². The molecule has 3 rings (SSSR count). The number of cyclic esters (lactones) is 1. The number of benzene rings is 2. The number of carbonyl (C=O) groups is 1. The van der Waals surface area contributed by atoms with Crippen LogP contribution < -0.4 is 9.47 Å². The van der Waals surface area contributed by atoms with Gasteiger partial charge in [-0.2, -0.15) is 0 Å². The Labute approximate surface area is 214 Å². The van der Waals surface area contributed by atoms with Crippen LogP contribution in [0.15, 0.2) is 54.6 Å². The van der Waals surface area contributed by atoms with Gasteiger partial charge in [-0.05, 0) is 48.1 Å². The van der Waals surface area contributed by atoms with Crippen molar-refractivity contribution in [3.8, 4) is 11.5 Å². The summed E-state index contributed by atoms with van der Waals surface area (Å²) in [5, 5.41) is 0. The van der Waals surface area contributed by atoms with Crippen LogP contribution in [0.3, 0.4) is 0 Å². The summed E-state index contributed by atoms with van der Waals surface area (Å²) in [7, 11) is 4.81. The van der Waals surface area contributed by atoms with E-state index in [0.717, 1.165) is 23.3 Å². The predicted octanol–water partition coefficient (Wildman–Crippen LogP) is 5.35. The van der Waals surface area contributed by atoms with Gasteiger partial charge in [-0.1, -0.05) is 43.3 Å². The monoisotopic (exact) mass is 498 g/mol. The third kappa shape index (κ3) is 8.08. The number of hydrogen-bond donors (Lipinski definition) is 0. The summed E-state index contributed by atoms with van der Waals surface area (Å²) in [5.74, 6) is 1.15. The van der Waals surface area contributed by atoms with E-state index < -0.39 is 5.97 Å². The van der Waals surface area contributed by atoms with E-state index >= 15 is 0 Å². The maximum Gasteiger partial charge on any atom is 0.342 e. The lowest BCUT2D eigenvalue weighted by Gasteiger charge is -2.28. The lowest BCUT2D eigenvalue weighted by Crippen LogP contribution is -2.32. The van der Waals surface area contributed by atoms with E-state index in [4.69, 9.17) is 28.4 Å². The van der Waals surface area contributed by atoms with Gasteiger partial charge in [0.25, 0.3) is 0 Å². The van der Waals surface area contributed by atoms with Crippen LogP contribution >= 0.6 is 0 Å². The van der Waals surface area contributed by atoms with Crippen LogP contribution in [0, 0.1) is 5.92 Å². The van der Waals surface area contributed by atoms with Crippen LogP contribution in [0.1, 0.15) is 47.7 Å². The summed E-state index contributed by atoms with van der Waals surface area (Å²) in [6, 6.07) is 13.4. The third-order valence-corrected chi connectivity index (χ3v) is 6.36. The predicted molar refractivity (Wildman–Crippen MR) is 137 cm³/mol. The molecule has 2 aromatic carbocycles. The fraction of sp³-hybridized carbons (Fsp3) is 0.483. The van der Waals surface area contributed by atoms with E-state index in [1.165, 1.54) is 0 Å². The van der Waals surface area contributed by atoms with Crippen molar-refractivity contribution in [1.82, 2.24) is 0 Å². The second-order valence-corrected chi connectivity index (χ2v) is 8.95. The van der Waals surface area contributed by atoms with Gasteiger partial charge >= 0.3 is 5.97 Å². The van der Waals surface area contributed by atoms with E-state index in [1.807, 2.05) is 36.4 Å². The highest BCUT2D eigenvalue weighted by molar-refractivity contribution is 5.94. The van der Waals surface area contributed by atoms with Crippen LogP contribution in [0.25, 0.3) is 0 Å². The molecule has 1 unspecified atom stereocenters. The molecule has 1 aliphatic heterocycles. The first-order valence-corrected chi connectivity index (χ1v) is 12.4. The normalized spacial score (nSPS) is 21.4. The average Bonchev–Trinajstić information content (AvgIpc) is 2.90. The molecule has 36 heavy (non-hydrogen) atoms. The van der Waals surface area contributed by atoms with Crippen LogP contribution in [-0.2, 0) is 32.0 Å². The molecule has 0 saturated carbocycles. The van der Waals surface area contributed by atoms with Gasteiger partial charge in [0, 0.05) is 20.0 Å². The van der Waals surface area contributed by atoms with Crippen molar-refractivity contribution in [3.05, 3.63) is 71.3 Å². The number of ether oxygens (including phenoxy) is 6. The molecule has 0 amide bonds. The Morgan fingerprint density at radius 2 is 1.81 bits per heavy atom. The minimum Gasteiger partial charge on any atom is -0.497 e. The first-order valence-electron chi connectivity index (χ1n) is 12.4. The maximum atomic E-state index is 13.4. The molecular formula is C29H38O7. The van der Waals surface area contributed by atoms with Crippen LogP contribution in [0.4, 0.5) is 0 Å². The number of carbonyl (C=O) groups excluding carboxylic acids is 1. The number of hydrogen-bond acceptors (Lipinski definition) is 7. The standard InChI is InChI=1S/C29H38O7/c1-21-8-5-6-9-23-10-7-11-26(33-4)28(23)29(30)36-25(18-27(21)35-20-31-2)16-17-34-19-22-12-14-24(32-3)15-13-22/h5-7,10-15,21,25,27H,8-9,16-20H2,1-4H3/b6-5+/t21-,25+,27?/m1/s1. The minimum atomic E-state index is -0.394. The van der Waals surface area contributed by atoms with Gasteiger partial charge in [0.15, 0.2) is 0 Å². The van der Waals surface area contributed by atoms with Gasteiger partial charge in [0.2, 0.25) is 0 Å². The quantitative estimate of drug-likeness (QED) is 0.189. The molecule has 7 nitrogen and oxygen atoms in total. The molecule has 0 N–H and O–H groups in total. The van der Waals surface area contributed by atoms with E-state index in [0.29, 0.717) is 43.8 Å². The zero-order chi connectivity index (χ0) is 25.8. The minimum absolute atomic E-state index is 0.134. The summed E-state index contributed by atoms with van der Waals surface area (Å²) in [6.07, 6.45) is 6.26. The Balaban J connectivity index is 1.75. The Hall–Kier alpha value is -2.87. The summed E-state index contributed by atoms with van der Waals surface area (Å²) >= 11 is 0. The van der Waals surface area contributed by atoms with Crippen molar-refractivity contribution in [3.63, 3.8) is 0 Å². The molecule has 0 aromatic heterocycles. The number of fused-ring (bicyclic) bond motifs is 1. The lowest BCUT2D eigenvalue weighted by molar-refractivity contribution is -0.104. The largest absolute Gasteiger partial charge is 0.497 e. The molecule has 1 heterocycles. The summed E-state index contributed by atoms with van der Waals surface area (Å²) in [4.78, 5) is 13.4. The van der Waals surface area contributed by atoms with Crippen molar-refractivity contribution in [1.29, 1.82) is 0 Å². The highest BCUT2D eigenvalue weighted by atomic mass is 16.7. The van der Waals surface area contributed by atoms with E-state index in [9.17, 15) is 4.79 Å². The van der Waals surface area contributed by atoms with Crippen LogP contribution in [-0.4, -0.2) is 52.9 Å². The molecule has 0 aliphatic carbocycles. The third-order valence-electron chi connectivity index (χ3n) is 6.36. The molecule has 0 fully saturated rings. The second-order valence-electron chi connectivity index (χ2n) is 8.95. The fourth-order valence-corrected chi connectivity index (χ4v) is 4.26. The summed E-state index contributed by atoms with van der Waals surface area (Å²) < 4.78 is 33.9. The molecule has 0 bridgehead atoms. The Bertz CT molecular complexity index is 970. The first kappa shape index (κ1) is 27.7. The highest BCUT2D eigenvalue weighted by Crippen LogP contribution is 2.28. The van der Waals surface area contributed by atoms with Gasteiger partial charge in [-0.3, -0.25) is 0 Å². The van der Waals surface area contributed by atoms with Gasteiger partial charge in [-0.25, -0.2) is 4.79 Å². The summed E-state index contributed by atoms with van der Waals surface area (Å²) in [5.41, 5.74) is 2.40. The molecule has 0 radical (unpaired) electrons. The van der Waals surface area contributed by atoms with Crippen molar-refractivity contribution in [2.24, 2.45) is 5.92 Å². The maximum absolute atomic E-state index is 13.4. The molecule has 0 saturated heterocycles. The second kappa shape index (κ2) is 14.6. The average molecular weight is 499 g/mol. The van der Waals surface area contributed by atoms with Crippen molar-refractivity contribution < 1.29 is 33.2 Å². The van der Waals surface area contributed by atoms with Gasteiger partial charge in [0.1, 0.15) is 30.0 Å². The van der Waals surface area contributed by atoms with Crippen molar-refractivity contribution in [2.75, 3.05) is 34.7 Å². The molecule has 7 heteroatoms. The molecule has 1 aliphatic rings. The number of allylic oxidation sites excluding steroid dienone is 2. The molecule has 2 aromatic rings. The smallest absolute Gasteiger partial charge is 0.342 e. The van der Waals surface area contributed by atoms with Gasteiger partial charge in [0.05, 0.1) is 33.5 Å². The number of methoxy groups -OCH3 is 3. The Morgan fingerprint density at radius 1 is 1.00 bits per heavy atom. The van der Waals surface area contributed by atoms with Crippen LogP contribution in [0.5, 0.6) is 11.5 Å². The van der Waals surface area contributed by atoms with E-state index in [2.05, 4.69) is 19.1 Å². The summed E-state index contributed by atoms with van der Waals surface area (Å²) in [6.45, 7) is 3.23. The highest BCUT2D eigenvalue weighted by Gasteiger charge is 2.28. The molecule has 196 valence electrons. The van der Waals surface area contributed by atoms with Gasteiger partial charge < -0.3 is 28.4 Å². The molecular weight excluding hydrogens is 460 g/mol. The SMILES string of the molecule is COCOC1C[C@H](CCOCc2ccc(OC)cc2)OC(=O)c2c(cccc2OC)C/C=C/C[C@H]1C. The number of esters is 1. The number of rotatable bonds is 10. The zero-order valence-corrected chi connectivity index (χ0v) is 21.7. The Kier molecular flexibility index (Phi) is 11.3. The zero-order valence-electron chi connectivity index (χ0n) is 21.7. The van der Waals surface area contributed by atoms with Crippen molar-refractivity contribution >= 4 is 5.97 Å². The molecule has 0 spiro atoms. The Morgan fingerprint density at radius 3 is 2.53 bits per heavy atom. The van der Waals surface area contributed by atoms with E-state index in [-0.39, 0.29) is 24.9 Å². The fourth-order valence-electron chi connectivity index (χ4n) is 4.26.